The Morgan fingerprint density at radius 2 is 1.15 bits per heavy atom. The van der Waals surface area contributed by atoms with Crippen molar-refractivity contribution < 1.29 is 64.8 Å². The molecule has 1 aromatic carbocycles. The molecule has 0 unspecified atom stereocenters. The zero-order chi connectivity index (χ0) is 32.6. The number of carboxylic acid groups (broad SMARTS) is 5. The van der Waals surface area contributed by atoms with Crippen LogP contribution in [0, 0.1) is 0 Å². The largest absolute Gasteiger partial charge is 0.508 e. The van der Waals surface area contributed by atoms with Crippen molar-refractivity contribution in [2.45, 2.75) is 43.6 Å². The number of aliphatic hydroxyl groups is 2. The van der Waals surface area contributed by atoms with Gasteiger partial charge in [-0.3, -0.25) is 24.0 Å². The van der Waals surface area contributed by atoms with Crippen LogP contribution in [0.3, 0.4) is 0 Å². The molecule has 232 valence electrons. The molecule has 0 fully saturated rings. The highest BCUT2D eigenvalue weighted by atomic mass is 32.1. The summed E-state index contributed by atoms with van der Waals surface area (Å²) in [6.45, 7) is 0.550. The predicted molar refractivity (Wildman–Crippen MR) is 144 cm³/mol. The first-order valence-corrected chi connectivity index (χ1v) is 11.4. The quantitative estimate of drug-likeness (QED) is 0.113. The van der Waals surface area contributed by atoms with Gasteiger partial charge in [-0.25, -0.2) is 0 Å². The van der Waals surface area contributed by atoms with Crippen LogP contribution in [-0.4, -0.2) is 120 Å². The molecule has 0 aliphatic rings. The lowest BCUT2D eigenvalue weighted by atomic mass is 10.1. The third-order valence-electron chi connectivity index (χ3n) is 3.72. The molecular weight excluding hydrogens is 562 g/mol. The fourth-order valence-corrected chi connectivity index (χ4v) is 1.49. The van der Waals surface area contributed by atoms with E-state index in [-0.39, 0.29) is 24.5 Å². The van der Waals surface area contributed by atoms with Crippen LogP contribution < -0.4 is 28.7 Å². The van der Waals surface area contributed by atoms with Crippen molar-refractivity contribution in [2.75, 3.05) is 18.9 Å². The molecule has 0 spiro atoms. The number of phenols is 1. The normalized spacial score (nSPS) is 13.1. The summed E-state index contributed by atoms with van der Waals surface area (Å²) in [4.78, 5) is 48.9. The summed E-state index contributed by atoms with van der Waals surface area (Å²) in [5, 5.41) is 65.5. The first kappa shape index (κ1) is 43.5. The van der Waals surface area contributed by atoms with Crippen molar-refractivity contribution >= 4 is 42.5 Å². The van der Waals surface area contributed by atoms with Gasteiger partial charge in [0.25, 0.3) is 0 Å². The number of benzene rings is 1. The maximum atomic E-state index is 10.4. The van der Waals surface area contributed by atoms with E-state index >= 15 is 0 Å². The average molecular weight is 602 g/mol. The van der Waals surface area contributed by atoms with Crippen LogP contribution in [0.4, 0.5) is 0 Å². The molecule has 0 heterocycles. The van der Waals surface area contributed by atoms with Crippen LogP contribution in [0.5, 0.6) is 5.75 Å². The smallest absolute Gasteiger partial charge is 0.323 e. The van der Waals surface area contributed by atoms with E-state index in [1.807, 2.05) is 0 Å². The molecule has 0 aromatic heterocycles. The van der Waals surface area contributed by atoms with Gasteiger partial charge in [0.2, 0.25) is 0 Å². The molecule has 0 amide bonds. The Morgan fingerprint density at radius 1 is 0.775 bits per heavy atom. The van der Waals surface area contributed by atoms with Crippen molar-refractivity contribution in [1.82, 2.24) is 0 Å². The van der Waals surface area contributed by atoms with Crippen LogP contribution in [-0.2, 0) is 30.4 Å². The summed E-state index contributed by atoms with van der Waals surface area (Å²) in [6.07, 6.45) is -0.706. The van der Waals surface area contributed by atoms with Crippen molar-refractivity contribution in [1.29, 1.82) is 0 Å². The summed E-state index contributed by atoms with van der Waals surface area (Å²) in [5.41, 5.74) is 25.3. The Hall–Kier alpha value is -3.56. The Morgan fingerprint density at radius 3 is 1.30 bits per heavy atom. The van der Waals surface area contributed by atoms with Gasteiger partial charge in [0.15, 0.2) is 0 Å². The van der Waals surface area contributed by atoms with Gasteiger partial charge in [-0.05, 0) is 31.0 Å². The van der Waals surface area contributed by atoms with Gasteiger partial charge in [-0.2, -0.15) is 12.6 Å². The second-order valence-electron chi connectivity index (χ2n) is 7.27. The molecule has 40 heavy (non-hydrogen) atoms. The second-order valence-corrected chi connectivity index (χ2v) is 7.64. The Balaban J connectivity index is -0.000000212. The molecule has 0 aliphatic heterocycles. The summed E-state index contributed by atoms with van der Waals surface area (Å²) in [6, 6.07) is 2.33. The zero-order valence-electron chi connectivity index (χ0n) is 21.5. The van der Waals surface area contributed by atoms with E-state index < -0.39 is 66.7 Å². The maximum Gasteiger partial charge on any atom is 0.323 e. The third kappa shape index (κ3) is 29.0. The number of phenolic OH excluding ortho intramolecular Hbond substituents is 1. The Kier molecular flexibility index (Phi) is 27.9. The number of hydrogen-bond donors (Lipinski definition) is 14. The lowest BCUT2D eigenvalue weighted by Gasteiger charge is -2.06. The van der Waals surface area contributed by atoms with E-state index in [2.05, 4.69) is 18.4 Å². The first-order valence-electron chi connectivity index (χ1n) is 10.8. The number of hydrogen-bond acceptors (Lipinski definition) is 14. The lowest BCUT2D eigenvalue weighted by Crippen LogP contribution is -2.39. The molecule has 0 saturated carbocycles. The van der Waals surface area contributed by atoms with Crippen LogP contribution in [0.15, 0.2) is 24.3 Å². The SMILES string of the molecule is C[C@@H](O)[C@H](N)C(=O)O.NCC(=O)O.N[C@@H](CO)C(=O)O.N[C@@H](CS)C(=O)O.N[C@@H](Cc1ccc(O)cc1)C(=O)O. The molecule has 1 aromatic rings. The van der Waals surface area contributed by atoms with Crippen molar-refractivity contribution in [3.8, 4) is 5.75 Å². The molecular formula is C21H39N5O13S. The van der Waals surface area contributed by atoms with E-state index in [4.69, 9.17) is 63.8 Å². The van der Waals surface area contributed by atoms with Gasteiger partial charge in [0.1, 0.15) is 29.9 Å². The summed E-state index contributed by atoms with van der Waals surface area (Å²) in [5.74, 6) is -5.00. The third-order valence-corrected chi connectivity index (χ3v) is 4.11. The molecule has 0 radical (unpaired) electrons. The van der Waals surface area contributed by atoms with Gasteiger partial charge in [0.05, 0.1) is 19.3 Å². The van der Waals surface area contributed by atoms with Gasteiger partial charge in [-0.15, -0.1) is 0 Å². The monoisotopic (exact) mass is 601 g/mol. The molecule has 0 saturated heterocycles. The van der Waals surface area contributed by atoms with Crippen molar-refractivity contribution in [3.63, 3.8) is 0 Å². The maximum absolute atomic E-state index is 10.4. The predicted octanol–water partition coefficient (Wildman–Crippen LogP) is -4.13. The number of carbonyl (C=O) groups is 5. The van der Waals surface area contributed by atoms with Gasteiger partial charge in [0, 0.05) is 5.75 Å². The minimum absolute atomic E-state index is 0.160. The van der Waals surface area contributed by atoms with E-state index in [1.54, 1.807) is 12.1 Å². The molecule has 0 aliphatic carbocycles. The fraction of sp³-hybridized carbons (Fsp3) is 0.476. The van der Waals surface area contributed by atoms with Crippen LogP contribution in [0.1, 0.15) is 12.5 Å². The number of aromatic hydroxyl groups is 1. The van der Waals surface area contributed by atoms with Gasteiger partial charge < -0.3 is 69.5 Å². The number of nitrogens with two attached hydrogens (primary N) is 5. The van der Waals surface area contributed by atoms with E-state index in [1.165, 1.54) is 19.1 Å². The van der Waals surface area contributed by atoms with Crippen LogP contribution in [0.25, 0.3) is 0 Å². The van der Waals surface area contributed by atoms with E-state index in [9.17, 15) is 24.0 Å². The van der Waals surface area contributed by atoms with E-state index in [0.717, 1.165) is 5.56 Å². The summed E-state index contributed by atoms with van der Waals surface area (Å²) < 4.78 is 0. The average Bonchev–Trinajstić information content (AvgIpc) is 2.89. The number of rotatable bonds is 10. The topological polar surface area (TPSA) is 377 Å². The van der Waals surface area contributed by atoms with Gasteiger partial charge >= 0.3 is 29.8 Å². The fourth-order valence-electron chi connectivity index (χ4n) is 1.34. The molecule has 18 nitrogen and oxygen atoms in total. The minimum atomic E-state index is -1.18. The molecule has 0 bridgehead atoms. The molecule has 19 heteroatoms. The minimum Gasteiger partial charge on any atom is -0.508 e. The zero-order valence-corrected chi connectivity index (χ0v) is 22.4. The number of thiol groups is 1. The first-order chi connectivity index (χ1) is 18.3. The van der Waals surface area contributed by atoms with Crippen LogP contribution >= 0.6 is 12.6 Å². The number of aliphatic hydroxyl groups excluding tert-OH is 2. The molecule has 5 atom stereocenters. The van der Waals surface area contributed by atoms with Crippen molar-refractivity contribution in [3.05, 3.63) is 29.8 Å². The summed E-state index contributed by atoms with van der Waals surface area (Å²) >= 11 is 3.65. The highest BCUT2D eigenvalue weighted by Crippen LogP contribution is 2.10. The Bertz CT molecular complexity index is 855. The number of carboxylic acids is 5. The molecule has 1 rings (SSSR count). The summed E-state index contributed by atoms with van der Waals surface area (Å²) in [7, 11) is 0. The van der Waals surface area contributed by atoms with Crippen LogP contribution in [0.2, 0.25) is 0 Å². The molecule has 18 N–H and O–H groups in total. The highest BCUT2D eigenvalue weighted by molar-refractivity contribution is 7.80. The lowest BCUT2D eigenvalue weighted by molar-refractivity contribution is -0.141. The Labute approximate surface area is 234 Å². The highest BCUT2D eigenvalue weighted by Gasteiger charge is 2.16. The van der Waals surface area contributed by atoms with E-state index in [0.29, 0.717) is 0 Å². The van der Waals surface area contributed by atoms with Crippen molar-refractivity contribution in [2.24, 2.45) is 28.7 Å². The number of aliphatic carboxylic acids is 5. The second kappa shape index (κ2) is 25.7. The van der Waals surface area contributed by atoms with Gasteiger partial charge in [-0.1, -0.05) is 12.1 Å². The standard InChI is InChI=1S/C9H11NO3.C4H9NO3.C3H7NO3.C3H7NO2S.C2H5NO2/c10-8(9(12)13)5-6-1-3-7(11)4-2-6;1-2(6)3(5)4(7)8;4-2(1-5)3(6)7;4-2(1-7)3(5)6;3-1-2(4)5/h1-4,8,11H,5,10H2,(H,12,13);2-3,6H,5H2,1H3,(H,7,8);2,5H,1,4H2,(H,6,7);2,7H,1,4H2,(H,5,6);1,3H2,(H,4,5)/t8-;2-,3+;2*2-;/m0100./s1.